The molecule has 2 aliphatic heterocycles. The van der Waals surface area contributed by atoms with Crippen molar-refractivity contribution in [1.82, 2.24) is 10.4 Å². The van der Waals surface area contributed by atoms with Gasteiger partial charge in [0.25, 0.3) is 0 Å². The Hall–Kier alpha value is -1.10. The lowest BCUT2D eigenvalue weighted by atomic mass is 10.0. The monoisotopic (exact) mass is 248 g/mol. The van der Waals surface area contributed by atoms with E-state index in [2.05, 4.69) is 35.6 Å². The fourth-order valence-corrected chi connectivity index (χ4v) is 2.52. The van der Waals surface area contributed by atoms with Crippen LogP contribution in [0.25, 0.3) is 0 Å². The molecule has 1 saturated heterocycles. The van der Waals surface area contributed by atoms with Crippen molar-refractivity contribution < 1.29 is 9.47 Å². The van der Waals surface area contributed by atoms with Crippen LogP contribution in [0.4, 0.5) is 0 Å². The molecule has 4 heteroatoms. The molecule has 0 radical (unpaired) electrons. The fraction of sp³-hybridized carbons (Fsp3) is 0.571. The van der Waals surface area contributed by atoms with Gasteiger partial charge in [-0.3, -0.25) is 0 Å². The number of hydrogen-bond donors (Lipinski definition) is 1. The zero-order valence-electron chi connectivity index (χ0n) is 10.8. The van der Waals surface area contributed by atoms with Gasteiger partial charge in [0, 0.05) is 25.6 Å². The van der Waals surface area contributed by atoms with E-state index in [0.717, 1.165) is 45.1 Å². The maximum atomic E-state index is 5.54. The highest BCUT2D eigenvalue weighted by molar-refractivity contribution is 5.40. The summed E-state index contributed by atoms with van der Waals surface area (Å²) in [5.41, 5.74) is 6.20. The first kappa shape index (κ1) is 12.0. The Morgan fingerprint density at radius 1 is 1.22 bits per heavy atom. The first-order chi connectivity index (χ1) is 8.83. The van der Waals surface area contributed by atoms with E-state index in [9.17, 15) is 0 Å². The molecule has 0 spiro atoms. The van der Waals surface area contributed by atoms with E-state index in [-0.39, 0.29) is 0 Å². The lowest BCUT2D eigenvalue weighted by Crippen LogP contribution is -2.46. The molecule has 18 heavy (non-hydrogen) atoms. The Balaban J connectivity index is 1.66. The number of nitrogens with zero attached hydrogens (tertiary/aromatic N) is 1. The van der Waals surface area contributed by atoms with Crippen molar-refractivity contribution in [2.24, 2.45) is 0 Å². The molecule has 1 aromatic carbocycles. The molecule has 2 heterocycles. The predicted octanol–water partition coefficient (Wildman–Crippen LogP) is 1.52. The van der Waals surface area contributed by atoms with E-state index in [1.807, 2.05) is 0 Å². The first-order valence-electron chi connectivity index (χ1n) is 6.67. The number of ether oxygens (including phenoxy) is 2. The molecule has 98 valence electrons. The van der Waals surface area contributed by atoms with Crippen molar-refractivity contribution in [2.75, 3.05) is 32.9 Å². The molecule has 1 aromatic rings. The van der Waals surface area contributed by atoms with Gasteiger partial charge in [0.15, 0.2) is 0 Å². The molecule has 1 atom stereocenters. The summed E-state index contributed by atoms with van der Waals surface area (Å²) in [7, 11) is 0. The van der Waals surface area contributed by atoms with Crippen LogP contribution in [-0.4, -0.2) is 37.9 Å². The van der Waals surface area contributed by atoms with Gasteiger partial charge < -0.3 is 9.47 Å². The van der Waals surface area contributed by atoms with E-state index >= 15 is 0 Å². The van der Waals surface area contributed by atoms with Crippen LogP contribution < -0.4 is 10.2 Å². The van der Waals surface area contributed by atoms with Gasteiger partial charge in [-0.2, -0.15) is 0 Å². The van der Waals surface area contributed by atoms with Crippen LogP contribution in [-0.2, 0) is 11.2 Å². The minimum Gasteiger partial charge on any atom is -0.493 e. The summed E-state index contributed by atoms with van der Waals surface area (Å²) in [6, 6.07) is 6.84. The zero-order valence-corrected chi connectivity index (χ0v) is 10.8. The van der Waals surface area contributed by atoms with Gasteiger partial charge in [-0.1, -0.05) is 12.1 Å². The van der Waals surface area contributed by atoms with Gasteiger partial charge in [0.05, 0.1) is 19.8 Å². The fourth-order valence-electron chi connectivity index (χ4n) is 2.52. The second-order valence-electron chi connectivity index (χ2n) is 4.92. The molecule has 1 fully saturated rings. The van der Waals surface area contributed by atoms with Crippen LogP contribution in [0.5, 0.6) is 5.75 Å². The van der Waals surface area contributed by atoms with Gasteiger partial charge >= 0.3 is 0 Å². The molecule has 0 aromatic heterocycles. The van der Waals surface area contributed by atoms with Crippen LogP contribution in [0.3, 0.4) is 0 Å². The van der Waals surface area contributed by atoms with Gasteiger partial charge in [-0.25, -0.2) is 10.4 Å². The molecule has 0 bridgehead atoms. The van der Waals surface area contributed by atoms with Gasteiger partial charge in [0.1, 0.15) is 5.75 Å². The molecule has 0 saturated carbocycles. The highest BCUT2D eigenvalue weighted by atomic mass is 16.5. The van der Waals surface area contributed by atoms with Crippen LogP contribution in [0.2, 0.25) is 0 Å². The summed E-state index contributed by atoms with van der Waals surface area (Å²) in [5, 5.41) is 2.25. The normalized spacial score (nSPS) is 21.4. The average molecular weight is 248 g/mol. The molecule has 4 nitrogen and oxygen atoms in total. The van der Waals surface area contributed by atoms with Crippen molar-refractivity contribution in [2.45, 2.75) is 19.4 Å². The number of morpholine rings is 1. The molecule has 1 N–H and O–H groups in total. The zero-order chi connectivity index (χ0) is 12.4. The maximum absolute atomic E-state index is 5.54. The van der Waals surface area contributed by atoms with E-state index in [1.54, 1.807) is 0 Å². The van der Waals surface area contributed by atoms with Crippen molar-refractivity contribution in [3.63, 3.8) is 0 Å². The third kappa shape index (κ3) is 2.51. The third-order valence-corrected chi connectivity index (χ3v) is 3.60. The van der Waals surface area contributed by atoms with E-state index in [0.29, 0.717) is 6.04 Å². The van der Waals surface area contributed by atoms with E-state index < -0.39 is 0 Å². The number of nitrogens with one attached hydrogen (secondary N) is 1. The number of hydrogen-bond acceptors (Lipinski definition) is 4. The molecular weight excluding hydrogens is 228 g/mol. The molecular formula is C14H20N2O2. The number of rotatable bonds is 3. The smallest absolute Gasteiger partial charge is 0.122 e. The van der Waals surface area contributed by atoms with Gasteiger partial charge in [-0.15, -0.1) is 0 Å². The summed E-state index contributed by atoms with van der Waals surface area (Å²) in [6.07, 6.45) is 1.04. The third-order valence-electron chi connectivity index (χ3n) is 3.60. The number of fused-ring (bicyclic) bond motifs is 1. The summed E-state index contributed by atoms with van der Waals surface area (Å²) in [5.74, 6) is 1.05. The Morgan fingerprint density at radius 3 is 2.89 bits per heavy atom. The molecule has 1 unspecified atom stereocenters. The number of benzene rings is 1. The summed E-state index contributed by atoms with van der Waals surface area (Å²) in [6.45, 7) is 6.57. The van der Waals surface area contributed by atoms with Crippen LogP contribution in [0.1, 0.15) is 24.1 Å². The highest BCUT2D eigenvalue weighted by Gasteiger charge is 2.17. The van der Waals surface area contributed by atoms with Crippen molar-refractivity contribution in [3.8, 4) is 5.75 Å². The minimum absolute atomic E-state index is 0.328. The Labute approximate surface area is 108 Å². The Bertz CT molecular complexity index is 416. The lowest BCUT2D eigenvalue weighted by molar-refractivity contribution is 0.00484. The van der Waals surface area contributed by atoms with E-state index in [4.69, 9.17) is 9.47 Å². The number of hydrazine groups is 1. The van der Waals surface area contributed by atoms with Gasteiger partial charge in [-0.05, 0) is 24.1 Å². The van der Waals surface area contributed by atoms with Crippen LogP contribution >= 0.6 is 0 Å². The average Bonchev–Trinajstić information content (AvgIpc) is 2.87. The van der Waals surface area contributed by atoms with Crippen molar-refractivity contribution in [1.29, 1.82) is 0 Å². The predicted molar refractivity (Wildman–Crippen MR) is 69.6 cm³/mol. The standard InChI is InChI=1S/C14H20N2O2/c1-11(15-16-5-8-17-9-6-16)12-2-3-14-13(10-12)4-7-18-14/h2-3,10-11,15H,4-9H2,1H3. The summed E-state index contributed by atoms with van der Waals surface area (Å²) in [4.78, 5) is 0. The van der Waals surface area contributed by atoms with Gasteiger partial charge in [0.2, 0.25) is 0 Å². The largest absolute Gasteiger partial charge is 0.493 e. The second-order valence-corrected chi connectivity index (χ2v) is 4.92. The summed E-state index contributed by atoms with van der Waals surface area (Å²) < 4.78 is 10.9. The van der Waals surface area contributed by atoms with E-state index in [1.165, 1.54) is 11.1 Å². The van der Waals surface area contributed by atoms with Crippen LogP contribution in [0.15, 0.2) is 18.2 Å². The molecule has 0 aliphatic carbocycles. The quantitative estimate of drug-likeness (QED) is 0.879. The summed E-state index contributed by atoms with van der Waals surface area (Å²) >= 11 is 0. The Morgan fingerprint density at radius 2 is 2.06 bits per heavy atom. The Kier molecular flexibility index (Phi) is 3.50. The van der Waals surface area contributed by atoms with Crippen molar-refractivity contribution in [3.05, 3.63) is 29.3 Å². The first-order valence-corrected chi connectivity index (χ1v) is 6.67. The van der Waals surface area contributed by atoms with Crippen molar-refractivity contribution >= 4 is 0 Å². The maximum Gasteiger partial charge on any atom is 0.122 e. The minimum atomic E-state index is 0.328. The van der Waals surface area contributed by atoms with Crippen LogP contribution in [0, 0.1) is 0 Å². The molecule has 3 rings (SSSR count). The highest BCUT2D eigenvalue weighted by Crippen LogP contribution is 2.28. The molecule has 0 amide bonds. The lowest BCUT2D eigenvalue weighted by Gasteiger charge is -2.30. The molecule has 2 aliphatic rings. The second kappa shape index (κ2) is 5.26. The topological polar surface area (TPSA) is 33.7 Å². The SMILES string of the molecule is CC(NN1CCOCC1)c1ccc2c(c1)CCO2.